The second-order valence-electron chi connectivity index (χ2n) is 4.86. The average Bonchev–Trinajstić information content (AvgIpc) is 2.89. The number of aryl methyl sites for hydroxylation is 1. The summed E-state index contributed by atoms with van der Waals surface area (Å²) in [4.78, 5) is 18.7. The molecule has 0 aromatic carbocycles. The topological polar surface area (TPSA) is 59.2 Å². The smallest absolute Gasteiger partial charge is 0.255 e. The first-order chi connectivity index (χ1) is 8.74. The monoisotopic (exact) mass is 247 g/mol. The van der Waals surface area contributed by atoms with Gasteiger partial charge in [-0.25, -0.2) is 0 Å². The summed E-state index contributed by atoms with van der Waals surface area (Å²) in [5, 5.41) is 0. The first kappa shape index (κ1) is 13.0. The summed E-state index contributed by atoms with van der Waals surface area (Å²) in [5.74, 6) is 0.0814. The van der Waals surface area contributed by atoms with Gasteiger partial charge in [-0.3, -0.25) is 9.78 Å². The van der Waals surface area contributed by atoms with Crippen LogP contribution in [0.1, 0.15) is 41.7 Å². The van der Waals surface area contributed by atoms with Crippen LogP contribution in [0.4, 0.5) is 0 Å². The molecular formula is C14H21N3O. The zero-order chi connectivity index (χ0) is 13.0. The molecule has 1 fully saturated rings. The number of carbonyl (C=O) groups is 1. The lowest BCUT2D eigenvalue weighted by molar-refractivity contribution is 0.0687. The Kier molecular flexibility index (Phi) is 4.31. The van der Waals surface area contributed by atoms with E-state index in [0.29, 0.717) is 24.7 Å². The molecule has 1 aromatic rings. The van der Waals surface area contributed by atoms with Crippen molar-refractivity contribution in [1.82, 2.24) is 9.88 Å². The molecule has 18 heavy (non-hydrogen) atoms. The molecule has 0 radical (unpaired) electrons. The molecule has 1 saturated carbocycles. The highest BCUT2D eigenvalue weighted by molar-refractivity contribution is 5.95. The van der Waals surface area contributed by atoms with Crippen LogP contribution < -0.4 is 5.73 Å². The van der Waals surface area contributed by atoms with Crippen molar-refractivity contribution in [3.05, 3.63) is 29.6 Å². The molecule has 0 atom stereocenters. The molecule has 2 rings (SSSR count). The minimum Gasteiger partial charge on any atom is -0.334 e. The Hall–Kier alpha value is -1.42. The van der Waals surface area contributed by atoms with Gasteiger partial charge in [-0.15, -0.1) is 0 Å². The molecule has 1 aliphatic rings. The molecule has 1 aromatic heterocycles. The number of aromatic nitrogens is 1. The lowest BCUT2D eigenvalue weighted by Gasteiger charge is -2.29. The van der Waals surface area contributed by atoms with Crippen LogP contribution in [-0.2, 0) is 0 Å². The van der Waals surface area contributed by atoms with Gasteiger partial charge in [0.2, 0.25) is 0 Å². The minimum absolute atomic E-state index is 0.0814. The number of pyridine rings is 1. The van der Waals surface area contributed by atoms with E-state index in [1.54, 1.807) is 6.20 Å². The van der Waals surface area contributed by atoms with Crippen molar-refractivity contribution >= 4 is 5.91 Å². The Morgan fingerprint density at radius 1 is 1.50 bits per heavy atom. The molecule has 4 heteroatoms. The summed E-state index contributed by atoms with van der Waals surface area (Å²) >= 11 is 0. The third-order valence-corrected chi connectivity index (χ3v) is 3.63. The summed E-state index contributed by atoms with van der Waals surface area (Å²) in [6.07, 6.45) is 6.35. The van der Waals surface area contributed by atoms with E-state index in [4.69, 9.17) is 5.73 Å². The van der Waals surface area contributed by atoms with E-state index in [9.17, 15) is 4.79 Å². The molecule has 4 nitrogen and oxygen atoms in total. The Balaban J connectivity index is 2.20. The third-order valence-electron chi connectivity index (χ3n) is 3.63. The molecule has 0 saturated heterocycles. The molecule has 0 spiro atoms. The van der Waals surface area contributed by atoms with Gasteiger partial charge in [0.1, 0.15) is 0 Å². The highest BCUT2D eigenvalue weighted by Gasteiger charge is 2.27. The highest BCUT2D eigenvalue weighted by Crippen LogP contribution is 2.25. The van der Waals surface area contributed by atoms with E-state index in [1.165, 1.54) is 12.8 Å². The van der Waals surface area contributed by atoms with Gasteiger partial charge in [0.25, 0.3) is 5.91 Å². The summed E-state index contributed by atoms with van der Waals surface area (Å²) in [6, 6.07) is 4.03. The van der Waals surface area contributed by atoms with Crippen LogP contribution in [0.5, 0.6) is 0 Å². The minimum atomic E-state index is 0.0814. The van der Waals surface area contributed by atoms with Crippen molar-refractivity contribution in [2.45, 2.75) is 38.6 Å². The molecule has 1 amide bonds. The SMILES string of the molecule is Cc1ncccc1C(=O)N(CCN)C1CCCC1. The zero-order valence-electron chi connectivity index (χ0n) is 10.9. The summed E-state index contributed by atoms with van der Waals surface area (Å²) in [7, 11) is 0. The Morgan fingerprint density at radius 3 is 2.83 bits per heavy atom. The van der Waals surface area contributed by atoms with Gasteiger partial charge in [-0.05, 0) is 31.9 Å². The Morgan fingerprint density at radius 2 is 2.22 bits per heavy atom. The van der Waals surface area contributed by atoms with Gasteiger partial charge in [0, 0.05) is 31.0 Å². The number of rotatable bonds is 4. The van der Waals surface area contributed by atoms with Crippen LogP contribution >= 0.6 is 0 Å². The van der Waals surface area contributed by atoms with E-state index in [1.807, 2.05) is 24.0 Å². The summed E-state index contributed by atoms with van der Waals surface area (Å²) in [6.45, 7) is 3.03. The molecule has 0 aliphatic heterocycles. The van der Waals surface area contributed by atoms with Crippen LogP contribution in [0, 0.1) is 6.92 Å². The van der Waals surface area contributed by atoms with Crippen LogP contribution in [0.3, 0.4) is 0 Å². The van der Waals surface area contributed by atoms with Crippen molar-refractivity contribution in [2.24, 2.45) is 5.73 Å². The molecule has 0 bridgehead atoms. The van der Waals surface area contributed by atoms with Crippen LogP contribution in [0.15, 0.2) is 18.3 Å². The normalized spacial score (nSPS) is 15.9. The first-order valence-electron chi connectivity index (χ1n) is 6.66. The number of carbonyl (C=O) groups excluding carboxylic acids is 1. The fourth-order valence-corrected chi connectivity index (χ4v) is 2.67. The van der Waals surface area contributed by atoms with Gasteiger partial charge >= 0.3 is 0 Å². The Bertz CT molecular complexity index is 413. The fraction of sp³-hybridized carbons (Fsp3) is 0.571. The van der Waals surface area contributed by atoms with Gasteiger partial charge in [-0.2, -0.15) is 0 Å². The van der Waals surface area contributed by atoms with Crippen LogP contribution in [-0.4, -0.2) is 34.9 Å². The predicted molar refractivity (Wildman–Crippen MR) is 71.3 cm³/mol. The van der Waals surface area contributed by atoms with Crippen molar-refractivity contribution in [3.8, 4) is 0 Å². The molecule has 1 aliphatic carbocycles. The number of nitrogens with two attached hydrogens (primary N) is 1. The third kappa shape index (κ3) is 2.70. The lowest BCUT2D eigenvalue weighted by atomic mass is 10.1. The standard InChI is InChI=1S/C14H21N3O/c1-11-13(7-4-9-16-11)14(18)17(10-8-15)12-5-2-3-6-12/h4,7,9,12H,2-3,5-6,8,10,15H2,1H3. The second-order valence-corrected chi connectivity index (χ2v) is 4.86. The van der Waals surface area contributed by atoms with E-state index in [0.717, 1.165) is 18.5 Å². The molecular weight excluding hydrogens is 226 g/mol. The molecule has 98 valence electrons. The molecule has 0 unspecified atom stereocenters. The number of nitrogens with zero attached hydrogens (tertiary/aromatic N) is 2. The fourth-order valence-electron chi connectivity index (χ4n) is 2.67. The van der Waals surface area contributed by atoms with E-state index < -0.39 is 0 Å². The van der Waals surface area contributed by atoms with Gasteiger partial charge in [-0.1, -0.05) is 12.8 Å². The van der Waals surface area contributed by atoms with E-state index >= 15 is 0 Å². The van der Waals surface area contributed by atoms with E-state index in [-0.39, 0.29) is 5.91 Å². The van der Waals surface area contributed by atoms with Gasteiger partial charge in [0.15, 0.2) is 0 Å². The van der Waals surface area contributed by atoms with Gasteiger partial charge < -0.3 is 10.6 Å². The lowest BCUT2D eigenvalue weighted by Crippen LogP contribution is -2.42. The quantitative estimate of drug-likeness (QED) is 0.881. The van der Waals surface area contributed by atoms with Crippen molar-refractivity contribution in [2.75, 3.05) is 13.1 Å². The van der Waals surface area contributed by atoms with Crippen LogP contribution in [0.25, 0.3) is 0 Å². The number of hydrogen-bond acceptors (Lipinski definition) is 3. The number of hydrogen-bond donors (Lipinski definition) is 1. The summed E-state index contributed by atoms with van der Waals surface area (Å²) < 4.78 is 0. The van der Waals surface area contributed by atoms with E-state index in [2.05, 4.69) is 4.98 Å². The maximum Gasteiger partial charge on any atom is 0.255 e. The van der Waals surface area contributed by atoms with Crippen molar-refractivity contribution in [1.29, 1.82) is 0 Å². The summed E-state index contributed by atoms with van der Waals surface area (Å²) in [5.41, 5.74) is 7.14. The van der Waals surface area contributed by atoms with Crippen LogP contribution in [0.2, 0.25) is 0 Å². The number of amides is 1. The van der Waals surface area contributed by atoms with Crippen molar-refractivity contribution < 1.29 is 4.79 Å². The molecule has 2 N–H and O–H groups in total. The highest BCUT2D eigenvalue weighted by atomic mass is 16.2. The predicted octanol–water partition coefficient (Wildman–Crippen LogP) is 1.73. The molecule has 1 heterocycles. The average molecular weight is 247 g/mol. The second kappa shape index (κ2) is 5.96. The zero-order valence-corrected chi connectivity index (χ0v) is 10.9. The van der Waals surface area contributed by atoms with Crippen molar-refractivity contribution in [3.63, 3.8) is 0 Å². The first-order valence-corrected chi connectivity index (χ1v) is 6.66. The van der Waals surface area contributed by atoms with Gasteiger partial charge in [0.05, 0.1) is 5.56 Å². The Labute approximate surface area is 108 Å². The maximum atomic E-state index is 12.6. The maximum absolute atomic E-state index is 12.6. The largest absolute Gasteiger partial charge is 0.334 e.